The molecule has 21 heavy (non-hydrogen) atoms. The van der Waals surface area contributed by atoms with Crippen molar-refractivity contribution < 1.29 is 9.59 Å². The van der Waals surface area contributed by atoms with Crippen molar-refractivity contribution in [2.24, 2.45) is 5.73 Å². The molecule has 0 aliphatic heterocycles. The topological polar surface area (TPSA) is 96.2 Å². The minimum absolute atomic E-state index is 0. The largest absolute Gasteiger partial charge is 0.350 e. The first-order valence-corrected chi connectivity index (χ1v) is 6.50. The minimum Gasteiger partial charge on any atom is -0.350 e. The summed E-state index contributed by atoms with van der Waals surface area (Å²) in [7, 11) is 0. The standard InChI is InChI=1S/C14H22N4O2.ClH/c1-10(9-15)16-12(19)14(2,3)18-13(20)17-11-7-5-4-6-8-11;/h4-8,10H,9,15H2,1-3H3,(H,16,19)(H2,17,18,20);1H/t10-;/m0./s1. The molecule has 0 aliphatic carbocycles. The van der Waals surface area contributed by atoms with Gasteiger partial charge in [-0.25, -0.2) is 4.79 Å². The molecule has 0 heterocycles. The number of hydrogen-bond donors (Lipinski definition) is 4. The van der Waals surface area contributed by atoms with Crippen LogP contribution < -0.4 is 21.7 Å². The third-order valence-corrected chi connectivity index (χ3v) is 2.76. The van der Waals surface area contributed by atoms with Crippen molar-refractivity contribution in [2.45, 2.75) is 32.4 Å². The lowest BCUT2D eigenvalue weighted by atomic mass is 10.0. The van der Waals surface area contributed by atoms with Gasteiger partial charge in [0.25, 0.3) is 0 Å². The van der Waals surface area contributed by atoms with Crippen molar-refractivity contribution in [2.75, 3.05) is 11.9 Å². The van der Waals surface area contributed by atoms with Crippen LogP contribution in [0.2, 0.25) is 0 Å². The fourth-order valence-corrected chi connectivity index (χ4v) is 1.49. The van der Waals surface area contributed by atoms with Gasteiger partial charge >= 0.3 is 6.03 Å². The Morgan fingerprint density at radius 2 is 1.81 bits per heavy atom. The summed E-state index contributed by atoms with van der Waals surface area (Å²) in [6.07, 6.45) is 0. The molecule has 1 atom stereocenters. The van der Waals surface area contributed by atoms with E-state index >= 15 is 0 Å². The first-order chi connectivity index (χ1) is 9.35. The Bertz CT molecular complexity index is 465. The number of urea groups is 1. The molecule has 118 valence electrons. The van der Waals surface area contributed by atoms with Crippen LogP contribution in [0.1, 0.15) is 20.8 Å². The van der Waals surface area contributed by atoms with E-state index in [1.54, 1.807) is 32.9 Å². The molecule has 0 bridgehead atoms. The first kappa shape index (κ1) is 19.2. The highest BCUT2D eigenvalue weighted by molar-refractivity contribution is 5.95. The van der Waals surface area contributed by atoms with E-state index in [4.69, 9.17) is 5.73 Å². The van der Waals surface area contributed by atoms with Gasteiger partial charge in [0.1, 0.15) is 5.54 Å². The zero-order valence-corrected chi connectivity index (χ0v) is 13.3. The number of carbonyl (C=O) groups is 2. The van der Waals surface area contributed by atoms with Gasteiger partial charge in [-0.05, 0) is 32.9 Å². The highest BCUT2D eigenvalue weighted by atomic mass is 35.5. The normalized spacial score (nSPS) is 11.8. The van der Waals surface area contributed by atoms with Crippen LogP contribution >= 0.6 is 12.4 Å². The number of amides is 3. The number of halogens is 1. The van der Waals surface area contributed by atoms with Crippen LogP contribution in [-0.4, -0.2) is 30.1 Å². The summed E-state index contributed by atoms with van der Waals surface area (Å²) in [5, 5.41) is 8.03. The van der Waals surface area contributed by atoms with E-state index in [2.05, 4.69) is 16.0 Å². The predicted octanol–water partition coefficient (Wildman–Crippen LogP) is 1.47. The van der Waals surface area contributed by atoms with E-state index in [9.17, 15) is 9.59 Å². The van der Waals surface area contributed by atoms with Gasteiger partial charge in [0, 0.05) is 18.3 Å². The quantitative estimate of drug-likeness (QED) is 0.662. The molecule has 0 saturated carbocycles. The van der Waals surface area contributed by atoms with Crippen LogP contribution in [-0.2, 0) is 4.79 Å². The van der Waals surface area contributed by atoms with Crippen LogP contribution in [0.15, 0.2) is 30.3 Å². The van der Waals surface area contributed by atoms with Gasteiger partial charge in [-0.15, -0.1) is 12.4 Å². The maximum Gasteiger partial charge on any atom is 0.320 e. The molecule has 0 radical (unpaired) electrons. The van der Waals surface area contributed by atoms with E-state index < -0.39 is 11.6 Å². The van der Waals surface area contributed by atoms with Gasteiger partial charge in [0.05, 0.1) is 0 Å². The number of para-hydroxylation sites is 1. The average molecular weight is 315 g/mol. The summed E-state index contributed by atoms with van der Waals surface area (Å²) in [6.45, 7) is 5.42. The Kier molecular flexibility index (Phi) is 7.76. The maximum atomic E-state index is 12.0. The molecule has 0 aliphatic rings. The average Bonchev–Trinajstić information content (AvgIpc) is 2.38. The monoisotopic (exact) mass is 314 g/mol. The summed E-state index contributed by atoms with van der Waals surface area (Å²) in [5.41, 5.74) is 5.09. The van der Waals surface area contributed by atoms with Crippen LogP contribution in [0.25, 0.3) is 0 Å². The molecule has 5 N–H and O–H groups in total. The van der Waals surface area contributed by atoms with E-state index in [1.165, 1.54) is 0 Å². The zero-order chi connectivity index (χ0) is 15.2. The number of anilines is 1. The van der Waals surface area contributed by atoms with Crippen molar-refractivity contribution in [3.63, 3.8) is 0 Å². The van der Waals surface area contributed by atoms with Crippen LogP contribution in [0.3, 0.4) is 0 Å². The molecular weight excluding hydrogens is 292 g/mol. The SMILES string of the molecule is C[C@@H](CN)NC(=O)C(C)(C)NC(=O)Nc1ccccc1.Cl. The molecule has 7 heteroatoms. The Hall–Kier alpha value is -1.79. The smallest absolute Gasteiger partial charge is 0.320 e. The maximum absolute atomic E-state index is 12.0. The fourth-order valence-electron chi connectivity index (χ4n) is 1.49. The van der Waals surface area contributed by atoms with Gasteiger partial charge < -0.3 is 21.7 Å². The summed E-state index contributed by atoms with van der Waals surface area (Å²) >= 11 is 0. The van der Waals surface area contributed by atoms with Crippen molar-refractivity contribution in [1.82, 2.24) is 10.6 Å². The van der Waals surface area contributed by atoms with Gasteiger partial charge in [0.2, 0.25) is 5.91 Å². The molecule has 0 fully saturated rings. The second kappa shape index (κ2) is 8.49. The lowest BCUT2D eigenvalue weighted by molar-refractivity contribution is -0.126. The number of hydrogen-bond acceptors (Lipinski definition) is 3. The second-order valence-corrected chi connectivity index (χ2v) is 5.18. The summed E-state index contributed by atoms with van der Waals surface area (Å²) in [5.74, 6) is -0.279. The summed E-state index contributed by atoms with van der Waals surface area (Å²) < 4.78 is 0. The predicted molar refractivity (Wildman–Crippen MR) is 86.6 cm³/mol. The molecule has 3 amide bonds. The molecule has 6 nitrogen and oxygen atoms in total. The van der Waals surface area contributed by atoms with E-state index in [-0.39, 0.29) is 24.4 Å². The number of nitrogens with two attached hydrogens (primary N) is 1. The first-order valence-electron chi connectivity index (χ1n) is 6.50. The van der Waals surface area contributed by atoms with Crippen molar-refractivity contribution >= 4 is 30.0 Å². The number of benzene rings is 1. The molecule has 0 unspecified atom stereocenters. The van der Waals surface area contributed by atoms with Gasteiger partial charge in [-0.3, -0.25) is 4.79 Å². The zero-order valence-electron chi connectivity index (χ0n) is 12.5. The van der Waals surface area contributed by atoms with Gasteiger partial charge in [0.15, 0.2) is 0 Å². The van der Waals surface area contributed by atoms with Crippen LogP contribution in [0.5, 0.6) is 0 Å². The third-order valence-electron chi connectivity index (χ3n) is 2.76. The lowest BCUT2D eigenvalue weighted by Gasteiger charge is -2.27. The Morgan fingerprint density at radius 3 is 2.33 bits per heavy atom. The Labute approximate surface area is 131 Å². The summed E-state index contributed by atoms with van der Waals surface area (Å²) in [4.78, 5) is 23.9. The molecule has 1 aromatic rings. The highest BCUT2D eigenvalue weighted by Crippen LogP contribution is 2.07. The highest BCUT2D eigenvalue weighted by Gasteiger charge is 2.30. The Balaban J connectivity index is 0.00000400. The number of carbonyl (C=O) groups excluding carboxylic acids is 2. The molecule has 0 aromatic heterocycles. The molecule has 0 saturated heterocycles. The number of rotatable bonds is 5. The van der Waals surface area contributed by atoms with E-state index in [1.807, 2.05) is 18.2 Å². The molecule has 0 spiro atoms. The molecule has 1 aromatic carbocycles. The minimum atomic E-state index is -1.03. The second-order valence-electron chi connectivity index (χ2n) is 5.18. The van der Waals surface area contributed by atoms with Crippen molar-refractivity contribution in [3.05, 3.63) is 30.3 Å². The summed E-state index contributed by atoms with van der Waals surface area (Å²) in [6, 6.07) is 8.45. The fraction of sp³-hybridized carbons (Fsp3) is 0.429. The van der Waals surface area contributed by atoms with Gasteiger partial charge in [-0.2, -0.15) is 0 Å². The van der Waals surface area contributed by atoms with E-state index in [0.717, 1.165) is 0 Å². The van der Waals surface area contributed by atoms with Gasteiger partial charge in [-0.1, -0.05) is 18.2 Å². The molecular formula is C14H23ClN4O2. The Morgan fingerprint density at radius 1 is 1.24 bits per heavy atom. The van der Waals surface area contributed by atoms with Crippen LogP contribution in [0, 0.1) is 0 Å². The van der Waals surface area contributed by atoms with Crippen LogP contribution in [0.4, 0.5) is 10.5 Å². The third kappa shape index (κ3) is 6.46. The lowest BCUT2D eigenvalue weighted by Crippen LogP contribution is -2.57. The number of nitrogens with one attached hydrogen (secondary N) is 3. The molecule has 1 rings (SSSR count). The van der Waals surface area contributed by atoms with Crippen molar-refractivity contribution in [1.29, 1.82) is 0 Å². The van der Waals surface area contributed by atoms with Crippen molar-refractivity contribution in [3.8, 4) is 0 Å². The van der Waals surface area contributed by atoms with E-state index in [0.29, 0.717) is 12.2 Å².